The molecule has 9 heteroatoms. The van der Waals surface area contributed by atoms with E-state index in [1.165, 1.54) is 24.1 Å². The third kappa shape index (κ3) is 6.94. The Morgan fingerprint density at radius 3 is 2.05 bits per heavy atom. The molecule has 1 unspecified atom stereocenters. The van der Waals surface area contributed by atoms with Gasteiger partial charge in [0.2, 0.25) is 11.8 Å². The van der Waals surface area contributed by atoms with Crippen LogP contribution in [-0.4, -0.2) is 44.8 Å². The molecule has 0 aliphatic rings. The zero-order valence-corrected chi connectivity index (χ0v) is 23.7. The van der Waals surface area contributed by atoms with Gasteiger partial charge in [-0.3, -0.25) is 13.9 Å². The fourth-order valence-electron chi connectivity index (χ4n) is 4.15. The molecular formula is C29H34ClN3O4S. The van der Waals surface area contributed by atoms with Crippen molar-refractivity contribution in [1.82, 2.24) is 10.2 Å². The van der Waals surface area contributed by atoms with Gasteiger partial charge in [-0.15, -0.1) is 0 Å². The summed E-state index contributed by atoms with van der Waals surface area (Å²) in [4.78, 5) is 28.1. The van der Waals surface area contributed by atoms with Gasteiger partial charge < -0.3 is 10.2 Å². The second-order valence-corrected chi connectivity index (χ2v) is 11.6. The summed E-state index contributed by atoms with van der Waals surface area (Å²) in [5, 5.41) is 3.17. The van der Waals surface area contributed by atoms with Crippen molar-refractivity contribution >= 4 is 39.1 Å². The molecule has 3 aromatic rings. The van der Waals surface area contributed by atoms with Crippen LogP contribution in [0, 0.1) is 0 Å². The summed E-state index contributed by atoms with van der Waals surface area (Å²) in [7, 11) is -2.57. The molecule has 3 rings (SSSR count). The van der Waals surface area contributed by atoms with E-state index >= 15 is 0 Å². The normalized spacial score (nSPS) is 12.2. The molecule has 0 heterocycles. The lowest BCUT2D eigenvalue weighted by Gasteiger charge is -2.33. The van der Waals surface area contributed by atoms with E-state index in [0.29, 0.717) is 17.1 Å². The minimum absolute atomic E-state index is 0.0725. The first-order valence-electron chi connectivity index (χ1n) is 12.5. The quantitative estimate of drug-likeness (QED) is 0.352. The van der Waals surface area contributed by atoms with Gasteiger partial charge >= 0.3 is 0 Å². The summed E-state index contributed by atoms with van der Waals surface area (Å²) in [5.41, 5.74) is 2.18. The molecule has 0 fully saturated rings. The van der Waals surface area contributed by atoms with E-state index in [0.717, 1.165) is 15.4 Å². The molecule has 0 aromatic heterocycles. The number of nitrogens with zero attached hydrogens (tertiary/aromatic N) is 2. The van der Waals surface area contributed by atoms with E-state index in [1.807, 2.05) is 19.1 Å². The maximum atomic E-state index is 13.9. The standard InChI is InChI=1S/C29H34ClN3O4S/c1-5-27(29(35)31-4)32(19-22-11-15-24(30)16-12-22)28(34)20-33(25-17-13-23(14-18-25)21(2)3)38(36,37)26-9-7-6-8-10-26/h6-18,21,27H,5,19-20H2,1-4H3,(H,31,35). The van der Waals surface area contributed by atoms with Gasteiger partial charge in [0.15, 0.2) is 0 Å². The Kier molecular flexibility index (Phi) is 9.94. The number of carbonyl (C=O) groups is 2. The van der Waals surface area contributed by atoms with E-state index in [9.17, 15) is 18.0 Å². The number of likely N-dealkylation sites (N-methyl/N-ethyl adjacent to an activating group) is 1. The lowest BCUT2D eigenvalue weighted by molar-refractivity contribution is -0.140. The van der Waals surface area contributed by atoms with Gasteiger partial charge in [0.05, 0.1) is 10.6 Å². The summed E-state index contributed by atoms with van der Waals surface area (Å²) in [6.45, 7) is 5.56. The highest BCUT2D eigenvalue weighted by Crippen LogP contribution is 2.27. The number of nitrogens with one attached hydrogen (secondary N) is 1. The highest BCUT2D eigenvalue weighted by molar-refractivity contribution is 7.92. The first kappa shape index (κ1) is 29.2. The van der Waals surface area contributed by atoms with Gasteiger partial charge in [0.25, 0.3) is 10.0 Å². The Morgan fingerprint density at radius 2 is 1.53 bits per heavy atom. The Morgan fingerprint density at radius 1 is 0.921 bits per heavy atom. The van der Waals surface area contributed by atoms with E-state index in [4.69, 9.17) is 11.6 Å². The predicted octanol–water partition coefficient (Wildman–Crippen LogP) is 5.21. The van der Waals surface area contributed by atoms with E-state index < -0.39 is 28.5 Å². The molecule has 202 valence electrons. The summed E-state index contributed by atoms with van der Waals surface area (Å²) >= 11 is 6.03. The Hall–Kier alpha value is -3.36. The number of hydrogen-bond donors (Lipinski definition) is 1. The maximum Gasteiger partial charge on any atom is 0.264 e. The topological polar surface area (TPSA) is 86.8 Å². The lowest BCUT2D eigenvalue weighted by Crippen LogP contribution is -2.51. The molecule has 0 aliphatic heterocycles. The number of hydrogen-bond acceptors (Lipinski definition) is 4. The van der Waals surface area contributed by atoms with Gasteiger partial charge in [-0.1, -0.05) is 74.8 Å². The molecule has 0 saturated heterocycles. The van der Waals surface area contributed by atoms with Crippen LogP contribution in [0.15, 0.2) is 83.8 Å². The number of benzene rings is 3. The smallest absolute Gasteiger partial charge is 0.264 e. The first-order chi connectivity index (χ1) is 18.1. The summed E-state index contributed by atoms with van der Waals surface area (Å²) in [6.07, 6.45) is 0.355. The van der Waals surface area contributed by atoms with Crippen LogP contribution in [0.5, 0.6) is 0 Å². The van der Waals surface area contributed by atoms with Gasteiger partial charge in [0.1, 0.15) is 12.6 Å². The van der Waals surface area contributed by atoms with Crippen LogP contribution in [0.25, 0.3) is 0 Å². The Balaban J connectivity index is 2.05. The van der Waals surface area contributed by atoms with Crippen LogP contribution < -0.4 is 9.62 Å². The zero-order chi connectivity index (χ0) is 27.9. The van der Waals surface area contributed by atoms with Gasteiger partial charge in [0, 0.05) is 18.6 Å². The van der Waals surface area contributed by atoms with E-state index in [1.54, 1.807) is 54.6 Å². The summed E-state index contributed by atoms with van der Waals surface area (Å²) in [6, 6.07) is 21.4. The number of carbonyl (C=O) groups excluding carboxylic acids is 2. The van der Waals surface area contributed by atoms with Crippen molar-refractivity contribution in [3.05, 3.63) is 95.0 Å². The molecule has 0 aliphatic carbocycles. The minimum Gasteiger partial charge on any atom is -0.357 e. The second kappa shape index (κ2) is 12.9. The fraction of sp³-hybridized carbons (Fsp3) is 0.310. The van der Waals surface area contributed by atoms with Gasteiger partial charge in [-0.2, -0.15) is 0 Å². The SMILES string of the molecule is CCC(C(=O)NC)N(Cc1ccc(Cl)cc1)C(=O)CN(c1ccc(C(C)C)cc1)S(=O)(=O)c1ccccc1. The first-order valence-corrected chi connectivity index (χ1v) is 14.3. The van der Waals surface area contributed by atoms with Crippen molar-refractivity contribution in [2.24, 2.45) is 0 Å². The lowest BCUT2D eigenvalue weighted by atomic mass is 10.0. The van der Waals surface area contributed by atoms with Crippen LogP contribution >= 0.6 is 11.6 Å². The average molecular weight is 556 g/mol. The van der Waals surface area contributed by atoms with Crippen LogP contribution in [-0.2, 0) is 26.2 Å². The molecule has 0 bridgehead atoms. The molecule has 0 spiro atoms. The maximum absolute atomic E-state index is 13.9. The van der Waals surface area contributed by atoms with Crippen LogP contribution in [0.4, 0.5) is 5.69 Å². The molecule has 2 amide bonds. The van der Waals surface area contributed by atoms with Crippen molar-refractivity contribution in [2.45, 2.75) is 50.6 Å². The van der Waals surface area contributed by atoms with Crippen molar-refractivity contribution < 1.29 is 18.0 Å². The molecule has 38 heavy (non-hydrogen) atoms. The average Bonchev–Trinajstić information content (AvgIpc) is 2.92. The molecule has 0 radical (unpaired) electrons. The Labute approximate surface area is 230 Å². The predicted molar refractivity (Wildman–Crippen MR) is 152 cm³/mol. The summed E-state index contributed by atoms with van der Waals surface area (Å²) < 4.78 is 28.7. The largest absolute Gasteiger partial charge is 0.357 e. The molecular weight excluding hydrogens is 522 g/mol. The third-order valence-corrected chi connectivity index (χ3v) is 8.40. The molecule has 7 nitrogen and oxygen atoms in total. The molecule has 1 N–H and O–H groups in total. The number of amides is 2. The monoisotopic (exact) mass is 555 g/mol. The summed E-state index contributed by atoms with van der Waals surface area (Å²) in [5.74, 6) is -0.561. The zero-order valence-electron chi connectivity index (χ0n) is 22.1. The van der Waals surface area contributed by atoms with E-state index in [-0.39, 0.29) is 23.3 Å². The van der Waals surface area contributed by atoms with E-state index in [2.05, 4.69) is 19.2 Å². The van der Waals surface area contributed by atoms with Crippen LogP contribution in [0.1, 0.15) is 44.2 Å². The second-order valence-electron chi connectivity index (χ2n) is 9.26. The van der Waals surface area contributed by atoms with Gasteiger partial charge in [-0.05, 0) is 59.9 Å². The number of rotatable bonds is 11. The molecule has 3 aromatic carbocycles. The highest BCUT2D eigenvalue weighted by atomic mass is 35.5. The van der Waals surface area contributed by atoms with Gasteiger partial charge in [-0.25, -0.2) is 8.42 Å². The van der Waals surface area contributed by atoms with Crippen molar-refractivity contribution in [3.63, 3.8) is 0 Å². The fourth-order valence-corrected chi connectivity index (χ4v) is 5.71. The highest BCUT2D eigenvalue weighted by Gasteiger charge is 2.33. The van der Waals surface area contributed by atoms with Crippen LogP contribution in [0.3, 0.4) is 0 Å². The van der Waals surface area contributed by atoms with Crippen molar-refractivity contribution in [2.75, 3.05) is 17.9 Å². The Bertz CT molecular complexity index is 1330. The third-order valence-electron chi connectivity index (χ3n) is 6.36. The number of halogens is 1. The van der Waals surface area contributed by atoms with Crippen molar-refractivity contribution in [1.29, 1.82) is 0 Å². The van der Waals surface area contributed by atoms with Crippen molar-refractivity contribution in [3.8, 4) is 0 Å². The molecule has 0 saturated carbocycles. The number of sulfonamides is 1. The molecule has 1 atom stereocenters. The number of anilines is 1. The minimum atomic E-state index is -4.08. The van der Waals surface area contributed by atoms with Crippen LogP contribution in [0.2, 0.25) is 5.02 Å².